The van der Waals surface area contributed by atoms with Crippen LogP contribution in [0.5, 0.6) is 5.75 Å². The second kappa shape index (κ2) is 7.79. The van der Waals surface area contributed by atoms with Crippen molar-refractivity contribution in [1.29, 1.82) is 0 Å². The number of carbonyl (C=O) groups is 2. The predicted molar refractivity (Wildman–Crippen MR) is 92.9 cm³/mol. The summed E-state index contributed by atoms with van der Waals surface area (Å²) in [5, 5.41) is 11.6. The number of hydrogen-bond donors (Lipinski definition) is 2. The molecule has 2 N–H and O–H groups in total. The fourth-order valence-corrected chi connectivity index (χ4v) is 2.94. The number of hydrogen-bond acceptors (Lipinski definition) is 4. The van der Waals surface area contributed by atoms with Crippen molar-refractivity contribution in [3.8, 4) is 5.75 Å². The average molecular weight is 340 g/mol. The van der Waals surface area contributed by atoms with Crippen molar-refractivity contribution < 1.29 is 19.4 Å². The molecule has 2 aromatic rings. The van der Waals surface area contributed by atoms with Crippen LogP contribution < -0.4 is 10.1 Å². The van der Waals surface area contributed by atoms with E-state index in [0.29, 0.717) is 22.7 Å². The van der Waals surface area contributed by atoms with E-state index in [1.807, 2.05) is 0 Å². The fourth-order valence-electron chi connectivity index (χ4n) is 2.94. The van der Waals surface area contributed by atoms with Crippen LogP contribution in [-0.2, 0) is 11.2 Å². The lowest BCUT2D eigenvalue weighted by atomic mass is 10.1. The van der Waals surface area contributed by atoms with E-state index in [1.165, 1.54) is 0 Å². The van der Waals surface area contributed by atoms with Gasteiger partial charge in [-0.1, -0.05) is 12.1 Å². The highest BCUT2D eigenvalue weighted by atomic mass is 16.5. The monoisotopic (exact) mass is 340 g/mol. The Morgan fingerprint density at radius 1 is 1.20 bits per heavy atom. The molecular weight excluding hydrogens is 320 g/mol. The summed E-state index contributed by atoms with van der Waals surface area (Å²) in [6.45, 7) is 0. The summed E-state index contributed by atoms with van der Waals surface area (Å²) in [5.74, 6) is -0.343. The minimum Gasteiger partial charge on any atom is -0.487 e. The van der Waals surface area contributed by atoms with Crippen LogP contribution in [0.3, 0.4) is 0 Å². The largest absolute Gasteiger partial charge is 0.487 e. The number of aromatic nitrogens is 1. The summed E-state index contributed by atoms with van der Waals surface area (Å²) in [5.41, 5.74) is 0.958. The maximum atomic E-state index is 12.5. The summed E-state index contributed by atoms with van der Waals surface area (Å²) in [4.78, 5) is 27.5. The smallest absolute Gasteiger partial charge is 0.307 e. The molecule has 0 unspecified atom stereocenters. The van der Waals surface area contributed by atoms with Gasteiger partial charge in [0.25, 0.3) is 5.91 Å². The second-order valence-electron chi connectivity index (χ2n) is 6.10. The minimum atomic E-state index is -0.936. The van der Waals surface area contributed by atoms with Crippen molar-refractivity contribution in [2.45, 2.75) is 38.2 Å². The number of anilines is 1. The van der Waals surface area contributed by atoms with Gasteiger partial charge in [0.1, 0.15) is 0 Å². The van der Waals surface area contributed by atoms with E-state index in [0.717, 1.165) is 25.7 Å². The van der Waals surface area contributed by atoms with Gasteiger partial charge in [-0.2, -0.15) is 0 Å². The van der Waals surface area contributed by atoms with Crippen molar-refractivity contribution in [2.75, 3.05) is 5.32 Å². The van der Waals surface area contributed by atoms with Crippen LogP contribution in [0.1, 0.15) is 41.6 Å². The fraction of sp³-hybridized carbons (Fsp3) is 0.316. The Hall–Kier alpha value is -2.89. The van der Waals surface area contributed by atoms with Gasteiger partial charge in [-0.3, -0.25) is 9.59 Å². The molecule has 0 spiro atoms. The van der Waals surface area contributed by atoms with Gasteiger partial charge in [-0.15, -0.1) is 0 Å². The van der Waals surface area contributed by atoms with E-state index in [1.54, 1.807) is 42.6 Å². The molecule has 130 valence electrons. The number of nitrogens with one attached hydrogen (secondary N) is 1. The van der Waals surface area contributed by atoms with Crippen molar-refractivity contribution in [3.63, 3.8) is 0 Å². The minimum absolute atomic E-state index is 0.124. The molecule has 1 aliphatic carbocycles. The zero-order chi connectivity index (χ0) is 17.6. The SMILES string of the molecule is O=C(O)Cc1cccc(C(=O)Nc2ncccc2OC2CCCC2)c1. The maximum absolute atomic E-state index is 12.5. The maximum Gasteiger partial charge on any atom is 0.307 e. The molecule has 1 aromatic carbocycles. The quantitative estimate of drug-likeness (QED) is 0.842. The lowest BCUT2D eigenvalue weighted by Crippen LogP contribution is -2.17. The van der Waals surface area contributed by atoms with Crippen LogP contribution in [0.4, 0.5) is 5.82 Å². The molecule has 0 bridgehead atoms. The first-order chi connectivity index (χ1) is 12.1. The molecule has 1 aromatic heterocycles. The third kappa shape index (κ3) is 4.56. The number of carbonyl (C=O) groups excluding carboxylic acids is 1. The van der Waals surface area contributed by atoms with Crippen molar-refractivity contribution in [1.82, 2.24) is 4.98 Å². The van der Waals surface area contributed by atoms with E-state index >= 15 is 0 Å². The molecule has 6 nitrogen and oxygen atoms in total. The van der Waals surface area contributed by atoms with Crippen LogP contribution in [0, 0.1) is 0 Å². The normalized spacial score (nSPS) is 14.2. The third-order valence-electron chi connectivity index (χ3n) is 4.14. The average Bonchev–Trinajstić information content (AvgIpc) is 3.09. The number of rotatable bonds is 6. The standard InChI is InChI=1S/C19H20N2O4/c22-17(23)12-13-5-3-6-14(11-13)19(24)21-18-16(9-4-10-20-18)25-15-7-1-2-8-15/h3-6,9-11,15H,1-2,7-8,12H2,(H,22,23)(H,20,21,24). The van der Waals surface area contributed by atoms with E-state index in [-0.39, 0.29) is 18.4 Å². The first-order valence-corrected chi connectivity index (χ1v) is 8.35. The summed E-state index contributed by atoms with van der Waals surface area (Å²) in [7, 11) is 0. The molecule has 1 aliphatic rings. The highest BCUT2D eigenvalue weighted by Crippen LogP contribution is 2.28. The molecule has 0 atom stereocenters. The zero-order valence-electron chi connectivity index (χ0n) is 13.8. The predicted octanol–water partition coefficient (Wildman–Crippen LogP) is 3.28. The lowest BCUT2D eigenvalue weighted by molar-refractivity contribution is -0.136. The number of aliphatic carboxylic acids is 1. The Morgan fingerprint density at radius 3 is 2.76 bits per heavy atom. The zero-order valence-corrected chi connectivity index (χ0v) is 13.8. The molecule has 1 heterocycles. The molecule has 1 fully saturated rings. The number of carboxylic acid groups (broad SMARTS) is 1. The number of pyridine rings is 1. The van der Waals surface area contributed by atoms with Crippen LogP contribution in [0.15, 0.2) is 42.6 Å². The Labute approximate surface area is 145 Å². The number of nitrogens with zero attached hydrogens (tertiary/aromatic N) is 1. The van der Waals surface area contributed by atoms with E-state index in [2.05, 4.69) is 10.3 Å². The summed E-state index contributed by atoms with van der Waals surface area (Å²) >= 11 is 0. The van der Waals surface area contributed by atoms with Crippen LogP contribution in [-0.4, -0.2) is 28.1 Å². The molecule has 1 saturated carbocycles. The molecular formula is C19H20N2O4. The van der Waals surface area contributed by atoms with Crippen molar-refractivity contribution >= 4 is 17.7 Å². The van der Waals surface area contributed by atoms with E-state index < -0.39 is 5.97 Å². The molecule has 0 radical (unpaired) electrons. The van der Waals surface area contributed by atoms with Gasteiger partial charge in [0.05, 0.1) is 12.5 Å². The Bertz CT molecular complexity index is 770. The van der Waals surface area contributed by atoms with Gasteiger partial charge < -0.3 is 15.2 Å². The highest BCUT2D eigenvalue weighted by molar-refractivity contribution is 6.04. The molecule has 0 saturated heterocycles. The molecule has 25 heavy (non-hydrogen) atoms. The topological polar surface area (TPSA) is 88.5 Å². The van der Waals surface area contributed by atoms with Gasteiger partial charge in [0, 0.05) is 11.8 Å². The van der Waals surface area contributed by atoms with Gasteiger partial charge >= 0.3 is 5.97 Å². The number of amides is 1. The lowest BCUT2D eigenvalue weighted by Gasteiger charge is -2.16. The first kappa shape index (κ1) is 17.0. The van der Waals surface area contributed by atoms with Crippen molar-refractivity contribution in [2.24, 2.45) is 0 Å². The number of carboxylic acids is 1. The Kier molecular flexibility index (Phi) is 5.28. The highest BCUT2D eigenvalue weighted by Gasteiger charge is 2.19. The molecule has 3 rings (SSSR count). The first-order valence-electron chi connectivity index (χ1n) is 8.35. The van der Waals surface area contributed by atoms with Gasteiger partial charge in [-0.25, -0.2) is 4.98 Å². The van der Waals surface area contributed by atoms with Gasteiger partial charge in [0.2, 0.25) is 0 Å². The summed E-state index contributed by atoms with van der Waals surface area (Å²) < 4.78 is 5.96. The summed E-state index contributed by atoms with van der Waals surface area (Å²) in [6, 6.07) is 10.1. The summed E-state index contributed by atoms with van der Waals surface area (Å²) in [6.07, 6.45) is 5.97. The Balaban J connectivity index is 1.73. The molecule has 1 amide bonds. The van der Waals surface area contributed by atoms with Gasteiger partial charge in [-0.05, 0) is 55.5 Å². The van der Waals surface area contributed by atoms with Crippen LogP contribution in [0.25, 0.3) is 0 Å². The Morgan fingerprint density at radius 2 is 2.00 bits per heavy atom. The molecule has 6 heteroatoms. The van der Waals surface area contributed by atoms with E-state index in [4.69, 9.17) is 9.84 Å². The third-order valence-corrected chi connectivity index (χ3v) is 4.14. The second-order valence-corrected chi connectivity index (χ2v) is 6.10. The van der Waals surface area contributed by atoms with E-state index in [9.17, 15) is 9.59 Å². The number of ether oxygens (including phenoxy) is 1. The van der Waals surface area contributed by atoms with Crippen LogP contribution in [0.2, 0.25) is 0 Å². The van der Waals surface area contributed by atoms with Gasteiger partial charge in [0.15, 0.2) is 11.6 Å². The van der Waals surface area contributed by atoms with Crippen LogP contribution >= 0.6 is 0 Å². The molecule has 0 aliphatic heterocycles. The number of benzene rings is 1. The van der Waals surface area contributed by atoms with Crippen molar-refractivity contribution in [3.05, 3.63) is 53.7 Å².